The molecule has 0 spiro atoms. The minimum Gasteiger partial charge on any atom is -0.496 e. The van der Waals surface area contributed by atoms with E-state index >= 15 is 0 Å². The van der Waals surface area contributed by atoms with Crippen molar-refractivity contribution in [3.05, 3.63) is 71.9 Å². The van der Waals surface area contributed by atoms with Gasteiger partial charge in [0.25, 0.3) is 5.91 Å². The molecule has 3 aromatic rings. The molecule has 0 bridgehead atoms. The predicted molar refractivity (Wildman–Crippen MR) is 128 cm³/mol. The number of nitrogens with one attached hydrogen (secondary N) is 1. The second kappa shape index (κ2) is 8.99. The molecule has 2 aromatic carbocycles. The number of aromatic nitrogens is 1. The third-order valence-electron chi connectivity index (χ3n) is 4.51. The van der Waals surface area contributed by atoms with Gasteiger partial charge in [0.05, 0.1) is 17.3 Å². The Balaban J connectivity index is 1.55. The molecule has 0 aliphatic carbocycles. The Morgan fingerprint density at radius 2 is 2.17 bits per heavy atom. The molecule has 8 heteroatoms. The number of rotatable bonds is 7. The fourth-order valence-electron chi connectivity index (χ4n) is 3.09. The molecule has 0 unspecified atom stereocenters. The van der Waals surface area contributed by atoms with Crippen LogP contribution in [0.4, 0.5) is 0 Å². The maximum Gasteiger partial charge on any atom is 0.276 e. The Kier molecular flexibility index (Phi) is 6.17. The van der Waals surface area contributed by atoms with Gasteiger partial charge in [0.15, 0.2) is 9.45 Å². The first-order valence-electron chi connectivity index (χ1n) is 9.20. The van der Waals surface area contributed by atoms with E-state index in [2.05, 4.69) is 22.9 Å². The number of thioether (sulfide) groups is 1. The maximum absolute atomic E-state index is 12.5. The van der Waals surface area contributed by atoms with Crippen LogP contribution in [0.15, 0.2) is 65.2 Å². The molecule has 30 heavy (non-hydrogen) atoms. The van der Waals surface area contributed by atoms with Crippen LogP contribution in [-0.2, 0) is 10.5 Å². The predicted octanol–water partition coefficient (Wildman–Crippen LogP) is 4.84. The molecular weight excluding hydrogens is 434 g/mol. The van der Waals surface area contributed by atoms with E-state index in [1.807, 2.05) is 42.5 Å². The molecule has 0 radical (unpaired) electrons. The van der Waals surface area contributed by atoms with Crippen molar-refractivity contribution in [1.82, 2.24) is 15.2 Å². The van der Waals surface area contributed by atoms with E-state index in [-0.39, 0.29) is 5.91 Å². The first-order valence-corrected chi connectivity index (χ1v) is 11.4. The molecule has 1 aliphatic rings. The van der Waals surface area contributed by atoms with E-state index < -0.39 is 0 Å². The summed E-state index contributed by atoms with van der Waals surface area (Å²) in [6.45, 7) is 4.05. The molecule has 0 saturated carbocycles. The monoisotopic (exact) mass is 453 g/mol. The summed E-state index contributed by atoms with van der Waals surface area (Å²) in [5.74, 6) is 1.36. The molecule has 1 fully saturated rings. The number of nitrogens with zero attached hydrogens (tertiary/aromatic N) is 2. The zero-order chi connectivity index (χ0) is 21.1. The van der Waals surface area contributed by atoms with Crippen molar-refractivity contribution in [2.24, 2.45) is 0 Å². The molecule has 1 saturated heterocycles. The quantitative estimate of drug-likeness (QED) is 0.239. The summed E-state index contributed by atoms with van der Waals surface area (Å²) in [4.78, 5) is 18.7. The third kappa shape index (κ3) is 4.26. The van der Waals surface area contributed by atoms with Crippen molar-refractivity contribution in [3.63, 3.8) is 0 Å². The lowest BCUT2D eigenvalue weighted by Gasteiger charge is -2.10. The van der Waals surface area contributed by atoms with Crippen molar-refractivity contribution in [3.8, 4) is 5.75 Å². The average molecular weight is 454 g/mol. The molecule has 152 valence electrons. The van der Waals surface area contributed by atoms with Crippen LogP contribution in [0, 0.1) is 0 Å². The van der Waals surface area contributed by atoms with Crippen LogP contribution in [0.1, 0.15) is 11.1 Å². The fraction of sp³-hybridized carbons (Fsp3) is 0.136. The van der Waals surface area contributed by atoms with E-state index in [0.29, 0.717) is 23.1 Å². The summed E-state index contributed by atoms with van der Waals surface area (Å²) < 4.78 is 7.72. The highest BCUT2D eigenvalue weighted by molar-refractivity contribution is 8.00. The Morgan fingerprint density at radius 3 is 2.93 bits per heavy atom. The topological polar surface area (TPSA) is 54.5 Å². The standard InChI is InChI=1S/C22H19N3O2S3/c1-3-10-25-20(26)17(23-21(25)28)12-14-8-9-18(27-2)15(11-14)13-29-22-24-16-6-4-5-7-19(16)30-22/h3-9,11-12H,1,10,13H2,2H3,(H,23,28)/b17-12-. The summed E-state index contributed by atoms with van der Waals surface area (Å²) in [5, 5.41) is 3.38. The molecule has 0 atom stereocenters. The van der Waals surface area contributed by atoms with E-state index in [9.17, 15) is 4.79 Å². The van der Waals surface area contributed by atoms with Crippen LogP contribution in [-0.4, -0.2) is 34.6 Å². The fourth-order valence-corrected chi connectivity index (χ4v) is 5.40. The molecular formula is C22H19N3O2S3. The summed E-state index contributed by atoms with van der Waals surface area (Å²) in [6, 6.07) is 14.0. The van der Waals surface area contributed by atoms with E-state index in [0.717, 1.165) is 26.7 Å². The van der Waals surface area contributed by atoms with Gasteiger partial charge in [-0.2, -0.15) is 0 Å². The third-order valence-corrected chi connectivity index (χ3v) is 7.07. The number of thiazole rings is 1. The average Bonchev–Trinajstić information content (AvgIpc) is 3.28. The minimum atomic E-state index is -0.152. The van der Waals surface area contributed by atoms with Crippen LogP contribution >= 0.6 is 35.3 Å². The van der Waals surface area contributed by atoms with E-state index in [4.69, 9.17) is 17.0 Å². The highest BCUT2D eigenvalue weighted by atomic mass is 32.2. The number of methoxy groups -OCH3 is 1. The van der Waals surface area contributed by atoms with Crippen LogP contribution < -0.4 is 10.1 Å². The van der Waals surface area contributed by atoms with Crippen molar-refractivity contribution < 1.29 is 9.53 Å². The van der Waals surface area contributed by atoms with Crippen molar-refractivity contribution in [2.75, 3.05) is 13.7 Å². The highest BCUT2D eigenvalue weighted by Crippen LogP contribution is 2.34. The number of hydrogen-bond acceptors (Lipinski definition) is 6. The molecule has 1 N–H and O–H groups in total. The minimum absolute atomic E-state index is 0.152. The van der Waals surface area contributed by atoms with Gasteiger partial charge in [-0.15, -0.1) is 17.9 Å². The Labute approximate surface area is 188 Å². The first kappa shape index (κ1) is 20.6. The second-order valence-electron chi connectivity index (χ2n) is 6.50. The number of benzene rings is 2. The number of para-hydroxylation sites is 1. The largest absolute Gasteiger partial charge is 0.496 e. The lowest BCUT2D eigenvalue weighted by atomic mass is 10.1. The van der Waals surface area contributed by atoms with Gasteiger partial charge in [-0.1, -0.05) is 36.0 Å². The normalized spacial score (nSPS) is 15.1. The van der Waals surface area contributed by atoms with Crippen molar-refractivity contribution in [2.45, 2.75) is 10.1 Å². The molecule has 1 aliphatic heterocycles. The molecule has 1 amide bonds. The summed E-state index contributed by atoms with van der Waals surface area (Å²) in [6.07, 6.45) is 3.46. The smallest absolute Gasteiger partial charge is 0.276 e. The number of hydrogen-bond donors (Lipinski definition) is 1. The number of carbonyl (C=O) groups excluding carboxylic acids is 1. The zero-order valence-corrected chi connectivity index (χ0v) is 18.7. The Morgan fingerprint density at radius 1 is 1.33 bits per heavy atom. The van der Waals surface area contributed by atoms with Crippen molar-refractivity contribution in [1.29, 1.82) is 0 Å². The van der Waals surface area contributed by atoms with Gasteiger partial charge in [0, 0.05) is 17.9 Å². The van der Waals surface area contributed by atoms with Gasteiger partial charge in [0.1, 0.15) is 11.4 Å². The van der Waals surface area contributed by atoms with Gasteiger partial charge >= 0.3 is 0 Å². The molecule has 5 nitrogen and oxygen atoms in total. The highest BCUT2D eigenvalue weighted by Gasteiger charge is 2.29. The van der Waals surface area contributed by atoms with Gasteiger partial charge in [0.2, 0.25) is 0 Å². The molecule has 4 rings (SSSR count). The van der Waals surface area contributed by atoms with Crippen LogP contribution in [0.2, 0.25) is 0 Å². The summed E-state index contributed by atoms with van der Waals surface area (Å²) in [5.41, 5.74) is 3.40. The number of fused-ring (bicyclic) bond motifs is 1. The van der Waals surface area contributed by atoms with Gasteiger partial charge in [-0.3, -0.25) is 9.69 Å². The second-order valence-corrected chi connectivity index (χ2v) is 9.14. The summed E-state index contributed by atoms with van der Waals surface area (Å²) >= 11 is 8.60. The number of thiocarbonyl (C=S) groups is 1. The van der Waals surface area contributed by atoms with Gasteiger partial charge in [-0.25, -0.2) is 4.98 Å². The first-order chi connectivity index (χ1) is 14.6. The Bertz CT molecular complexity index is 1140. The van der Waals surface area contributed by atoms with E-state index in [1.54, 1.807) is 36.3 Å². The molecule has 2 heterocycles. The van der Waals surface area contributed by atoms with Crippen LogP contribution in [0.25, 0.3) is 16.3 Å². The lowest BCUT2D eigenvalue weighted by molar-refractivity contribution is -0.122. The number of ether oxygens (including phenoxy) is 1. The van der Waals surface area contributed by atoms with E-state index in [1.165, 1.54) is 9.60 Å². The van der Waals surface area contributed by atoms with Crippen molar-refractivity contribution >= 4 is 62.6 Å². The van der Waals surface area contributed by atoms with Crippen LogP contribution in [0.3, 0.4) is 0 Å². The maximum atomic E-state index is 12.5. The van der Waals surface area contributed by atoms with Crippen LogP contribution in [0.5, 0.6) is 5.75 Å². The molecule has 1 aromatic heterocycles. The lowest BCUT2D eigenvalue weighted by Crippen LogP contribution is -2.30. The van der Waals surface area contributed by atoms with Gasteiger partial charge in [-0.05, 0) is 48.1 Å². The number of carbonyl (C=O) groups is 1. The summed E-state index contributed by atoms with van der Waals surface area (Å²) in [7, 11) is 1.66. The SMILES string of the molecule is C=CCN1C(=O)/C(=C/c2ccc(OC)c(CSc3nc4ccccc4s3)c2)NC1=S. The zero-order valence-electron chi connectivity index (χ0n) is 16.3. The number of amides is 1. The van der Waals surface area contributed by atoms with Gasteiger partial charge < -0.3 is 10.1 Å². The Hall–Kier alpha value is -2.68.